The predicted molar refractivity (Wildman–Crippen MR) is 72.2 cm³/mol. The van der Waals surface area contributed by atoms with Crippen LogP contribution in [0.2, 0.25) is 0 Å². The van der Waals surface area contributed by atoms with E-state index < -0.39 is 0 Å². The number of nitrogens with zero attached hydrogens (tertiary/aromatic N) is 1. The number of aromatic nitrogens is 2. The summed E-state index contributed by atoms with van der Waals surface area (Å²) in [5.74, 6) is 3.72. The zero-order valence-electron chi connectivity index (χ0n) is 10.5. The van der Waals surface area contributed by atoms with Crippen molar-refractivity contribution in [3.05, 3.63) is 29.6 Å². The van der Waals surface area contributed by atoms with E-state index in [0.717, 1.165) is 28.4 Å². The minimum Gasteiger partial charge on any atom is -0.342 e. The van der Waals surface area contributed by atoms with Gasteiger partial charge in [-0.2, -0.15) is 0 Å². The molecule has 0 saturated heterocycles. The second-order valence-corrected chi connectivity index (χ2v) is 5.78. The van der Waals surface area contributed by atoms with Crippen LogP contribution < -0.4 is 5.73 Å². The second kappa shape index (κ2) is 3.82. The number of para-hydroxylation sites is 1. The maximum atomic E-state index is 5.78. The number of nitrogens with two attached hydrogens (primary N) is 1. The fourth-order valence-electron chi connectivity index (χ4n) is 3.83. The highest BCUT2D eigenvalue weighted by Gasteiger charge is 2.52. The van der Waals surface area contributed by atoms with Crippen molar-refractivity contribution in [1.29, 1.82) is 0 Å². The first kappa shape index (κ1) is 10.6. The minimum absolute atomic E-state index is 0.569. The molecule has 1 aromatic carbocycles. The maximum Gasteiger partial charge on any atom is 0.110 e. The molecule has 0 radical (unpaired) electrons. The van der Waals surface area contributed by atoms with E-state index in [0.29, 0.717) is 12.5 Å². The van der Waals surface area contributed by atoms with Gasteiger partial charge in [0.05, 0.1) is 11.0 Å². The quantitative estimate of drug-likeness (QED) is 0.849. The number of aromatic amines is 1. The van der Waals surface area contributed by atoms with Crippen LogP contribution in [0, 0.1) is 11.8 Å². The highest BCUT2D eigenvalue weighted by atomic mass is 15.0. The average molecular weight is 241 g/mol. The molecule has 1 aromatic heterocycles. The molecule has 3 N–H and O–H groups in total. The van der Waals surface area contributed by atoms with Crippen molar-refractivity contribution in [2.45, 2.75) is 38.1 Å². The van der Waals surface area contributed by atoms with E-state index in [2.05, 4.69) is 23.2 Å². The molecule has 2 aliphatic rings. The Bertz CT molecular complexity index is 574. The number of H-pyrrole nitrogens is 1. The Morgan fingerprint density at radius 3 is 2.72 bits per heavy atom. The third-order valence-corrected chi connectivity index (χ3v) is 4.81. The SMILES string of the molecule is NCc1cccc2[nH]c(C3C4CCCCC43)nc12. The van der Waals surface area contributed by atoms with Gasteiger partial charge in [0.1, 0.15) is 5.82 Å². The smallest absolute Gasteiger partial charge is 0.110 e. The van der Waals surface area contributed by atoms with Crippen molar-refractivity contribution in [3.8, 4) is 0 Å². The van der Waals surface area contributed by atoms with Gasteiger partial charge in [0.25, 0.3) is 0 Å². The molecule has 2 aliphatic carbocycles. The zero-order chi connectivity index (χ0) is 12.1. The van der Waals surface area contributed by atoms with Gasteiger partial charge in [0.15, 0.2) is 0 Å². The van der Waals surface area contributed by atoms with Crippen molar-refractivity contribution in [2.24, 2.45) is 17.6 Å². The van der Waals surface area contributed by atoms with E-state index in [4.69, 9.17) is 10.7 Å². The molecule has 0 aliphatic heterocycles. The van der Waals surface area contributed by atoms with Gasteiger partial charge >= 0.3 is 0 Å². The standard InChI is InChI=1S/C15H19N3/c16-8-9-4-3-7-12-14(9)18-15(17-12)13-10-5-1-2-6-11(10)13/h3-4,7,10-11,13H,1-2,5-6,8,16H2,(H,17,18). The third-order valence-electron chi connectivity index (χ3n) is 4.81. The Kier molecular flexibility index (Phi) is 2.24. The van der Waals surface area contributed by atoms with Crippen LogP contribution in [-0.4, -0.2) is 9.97 Å². The lowest BCUT2D eigenvalue weighted by molar-refractivity contribution is 0.480. The molecule has 2 aromatic rings. The van der Waals surface area contributed by atoms with Gasteiger partial charge in [0.2, 0.25) is 0 Å². The Labute approximate surface area is 107 Å². The summed E-state index contributed by atoms with van der Waals surface area (Å²) in [6, 6.07) is 6.25. The van der Waals surface area contributed by atoms with Gasteiger partial charge in [-0.3, -0.25) is 0 Å². The number of benzene rings is 1. The predicted octanol–water partition coefficient (Wildman–Crippen LogP) is 2.93. The molecule has 4 rings (SSSR count). The zero-order valence-corrected chi connectivity index (χ0v) is 10.5. The van der Waals surface area contributed by atoms with Crippen LogP contribution in [0.4, 0.5) is 0 Å². The molecule has 2 atom stereocenters. The van der Waals surface area contributed by atoms with Gasteiger partial charge in [-0.25, -0.2) is 4.98 Å². The normalized spacial score (nSPS) is 30.4. The third kappa shape index (κ3) is 1.43. The van der Waals surface area contributed by atoms with Crippen molar-refractivity contribution < 1.29 is 0 Å². The van der Waals surface area contributed by atoms with Crippen molar-refractivity contribution in [1.82, 2.24) is 9.97 Å². The molecule has 2 fully saturated rings. The van der Waals surface area contributed by atoms with Crippen LogP contribution >= 0.6 is 0 Å². The summed E-state index contributed by atoms with van der Waals surface area (Å²) in [7, 11) is 0. The van der Waals surface area contributed by atoms with E-state index in [1.54, 1.807) is 0 Å². The second-order valence-electron chi connectivity index (χ2n) is 5.78. The molecule has 0 spiro atoms. The van der Waals surface area contributed by atoms with Crippen molar-refractivity contribution in [3.63, 3.8) is 0 Å². The molecule has 94 valence electrons. The Morgan fingerprint density at radius 2 is 2.00 bits per heavy atom. The van der Waals surface area contributed by atoms with Crippen LogP contribution in [0.25, 0.3) is 11.0 Å². The van der Waals surface area contributed by atoms with E-state index >= 15 is 0 Å². The maximum absolute atomic E-state index is 5.78. The lowest BCUT2D eigenvalue weighted by Crippen LogP contribution is -1.96. The van der Waals surface area contributed by atoms with Gasteiger partial charge in [0, 0.05) is 12.5 Å². The van der Waals surface area contributed by atoms with Crippen LogP contribution in [0.5, 0.6) is 0 Å². The van der Waals surface area contributed by atoms with Crippen molar-refractivity contribution >= 4 is 11.0 Å². The first-order valence-electron chi connectivity index (χ1n) is 7.06. The van der Waals surface area contributed by atoms with Gasteiger partial charge in [-0.1, -0.05) is 25.0 Å². The molecule has 18 heavy (non-hydrogen) atoms. The fraction of sp³-hybridized carbons (Fsp3) is 0.533. The number of rotatable bonds is 2. The molecule has 1 heterocycles. The summed E-state index contributed by atoms with van der Waals surface area (Å²) in [6.07, 6.45) is 5.62. The van der Waals surface area contributed by atoms with Crippen LogP contribution in [0.1, 0.15) is 43.0 Å². The van der Waals surface area contributed by atoms with Crippen LogP contribution in [-0.2, 0) is 6.54 Å². The summed E-state index contributed by atoms with van der Waals surface area (Å²) in [5, 5.41) is 0. The molecule has 3 nitrogen and oxygen atoms in total. The lowest BCUT2D eigenvalue weighted by atomic mass is 10.0. The van der Waals surface area contributed by atoms with Gasteiger partial charge < -0.3 is 10.7 Å². The molecule has 3 heteroatoms. The van der Waals surface area contributed by atoms with E-state index in [1.807, 2.05) is 0 Å². The first-order chi connectivity index (χ1) is 8.88. The number of fused-ring (bicyclic) bond motifs is 2. The van der Waals surface area contributed by atoms with Crippen LogP contribution in [0.15, 0.2) is 18.2 Å². The highest BCUT2D eigenvalue weighted by molar-refractivity contribution is 5.79. The molecule has 2 unspecified atom stereocenters. The van der Waals surface area contributed by atoms with Gasteiger partial charge in [-0.05, 0) is 36.3 Å². The van der Waals surface area contributed by atoms with E-state index in [-0.39, 0.29) is 0 Å². The molecule has 2 saturated carbocycles. The van der Waals surface area contributed by atoms with E-state index in [9.17, 15) is 0 Å². The number of hydrogen-bond donors (Lipinski definition) is 2. The highest BCUT2D eigenvalue weighted by Crippen LogP contribution is 2.60. The summed E-state index contributed by atoms with van der Waals surface area (Å²) >= 11 is 0. The van der Waals surface area contributed by atoms with Gasteiger partial charge in [-0.15, -0.1) is 0 Å². The molecule has 0 bridgehead atoms. The number of imidazole rings is 1. The topological polar surface area (TPSA) is 54.7 Å². The number of nitrogens with one attached hydrogen (secondary N) is 1. The van der Waals surface area contributed by atoms with Crippen molar-refractivity contribution in [2.75, 3.05) is 0 Å². The largest absolute Gasteiger partial charge is 0.342 e. The Hall–Kier alpha value is -1.35. The Morgan fingerprint density at radius 1 is 1.22 bits per heavy atom. The molecule has 0 amide bonds. The average Bonchev–Trinajstić information content (AvgIpc) is 2.99. The van der Waals surface area contributed by atoms with E-state index in [1.165, 1.54) is 31.5 Å². The fourth-order valence-corrected chi connectivity index (χ4v) is 3.83. The Balaban J connectivity index is 1.74. The first-order valence-corrected chi connectivity index (χ1v) is 7.06. The molecular formula is C15H19N3. The summed E-state index contributed by atoms with van der Waals surface area (Å²) in [5.41, 5.74) is 9.16. The summed E-state index contributed by atoms with van der Waals surface area (Å²) in [6.45, 7) is 0.569. The van der Waals surface area contributed by atoms with Crippen LogP contribution in [0.3, 0.4) is 0 Å². The monoisotopic (exact) mass is 241 g/mol. The molecular weight excluding hydrogens is 222 g/mol. The lowest BCUT2D eigenvalue weighted by Gasteiger charge is -2.04. The number of hydrogen-bond acceptors (Lipinski definition) is 2. The minimum atomic E-state index is 0.569. The summed E-state index contributed by atoms with van der Waals surface area (Å²) < 4.78 is 0. The summed E-state index contributed by atoms with van der Waals surface area (Å²) in [4.78, 5) is 8.36.